The summed E-state index contributed by atoms with van der Waals surface area (Å²) >= 11 is 1.60. The molecule has 1 aromatic carbocycles. The highest BCUT2D eigenvalue weighted by Gasteiger charge is 2.23. The first-order valence-corrected chi connectivity index (χ1v) is 10.4. The molecule has 1 unspecified atom stereocenters. The highest BCUT2D eigenvalue weighted by atomic mass is 32.2. The Balaban J connectivity index is 1.51. The Morgan fingerprint density at radius 1 is 1.27 bits per heavy atom. The van der Waals surface area contributed by atoms with Crippen molar-refractivity contribution in [1.29, 1.82) is 0 Å². The van der Waals surface area contributed by atoms with Gasteiger partial charge in [-0.15, -0.1) is 5.10 Å². The first-order chi connectivity index (χ1) is 12.6. The van der Waals surface area contributed by atoms with Crippen molar-refractivity contribution in [2.24, 2.45) is 5.92 Å². The van der Waals surface area contributed by atoms with Gasteiger partial charge in [0, 0.05) is 25.3 Å². The largest absolute Gasteiger partial charge is 0.343 e. The normalized spacial score (nSPS) is 16.4. The minimum Gasteiger partial charge on any atom is -0.343 e. The van der Waals surface area contributed by atoms with Gasteiger partial charge < -0.3 is 4.90 Å². The van der Waals surface area contributed by atoms with E-state index < -0.39 is 0 Å². The Kier molecular flexibility index (Phi) is 6.66. The van der Waals surface area contributed by atoms with E-state index in [-0.39, 0.29) is 11.8 Å². The van der Waals surface area contributed by atoms with Gasteiger partial charge in [-0.3, -0.25) is 4.79 Å². The summed E-state index contributed by atoms with van der Waals surface area (Å²) in [6.07, 6.45) is 6.68. The smallest absolute Gasteiger partial charge is 0.222 e. The Bertz CT molecular complexity index is 699. The van der Waals surface area contributed by atoms with Gasteiger partial charge in [-0.05, 0) is 41.3 Å². The zero-order chi connectivity index (χ0) is 18.4. The Labute approximate surface area is 159 Å². The summed E-state index contributed by atoms with van der Waals surface area (Å²) in [5.41, 5.74) is 0.945. The van der Waals surface area contributed by atoms with Crippen LogP contribution in [0.3, 0.4) is 0 Å². The molecule has 1 aliphatic carbocycles. The number of tetrazole rings is 1. The van der Waals surface area contributed by atoms with Gasteiger partial charge in [-0.1, -0.05) is 56.1 Å². The minimum atomic E-state index is 0.257. The van der Waals surface area contributed by atoms with Crippen molar-refractivity contribution in [1.82, 2.24) is 25.1 Å². The fraction of sp³-hybridized carbons (Fsp3) is 0.579. The predicted octanol–water partition coefficient (Wildman–Crippen LogP) is 3.57. The number of benzene rings is 1. The maximum atomic E-state index is 12.6. The van der Waals surface area contributed by atoms with Crippen LogP contribution in [0.25, 0.3) is 5.69 Å². The summed E-state index contributed by atoms with van der Waals surface area (Å²) in [5.74, 6) is 1.35. The van der Waals surface area contributed by atoms with Crippen LogP contribution in [0, 0.1) is 5.92 Å². The van der Waals surface area contributed by atoms with Gasteiger partial charge >= 0.3 is 0 Å². The third-order valence-electron chi connectivity index (χ3n) is 4.98. The highest BCUT2D eigenvalue weighted by molar-refractivity contribution is 7.99. The van der Waals surface area contributed by atoms with Crippen LogP contribution in [-0.4, -0.2) is 49.9 Å². The molecule has 1 heterocycles. The van der Waals surface area contributed by atoms with E-state index in [1.807, 2.05) is 42.3 Å². The molecule has 1 aliphatic rings. The van der Waals surface area contributed by atoms with Gasteiger partial charge in [-0.25, -0.2) is 0 Å². The zero-order valence-corrected chi connectivity index (χ0v) is 16.4. The van der Waals surface area contributed by atoms with E-state index >= 15 is 0 Å². The van der Waals surface area contributed by atoms with Crippen molar-refractivity contribution in [2.45, 2.75) is 56.6 Å². The van der Waals surface area contributed by atoms with Gasteiger partial charge in [0.2, 0.25) is 11.1 Å². The number of thioether (sulfide) groups is 1. The molecule has 26 heavy (non-hydrogen) atoms. The van der Waals surface area contributed by atoms with E-state index in [0.29, 0.717) is 12.5 Å². The quantitative estimate of drug-likeness (QED) is 0.694. The van der Waals surface area contributed by atoms with E-state index in [4.69, 9.17) is 0 Å². The van der Waals surface area contributed by atoms with Crippen molar-refractivity contribution < 1.29 is 4.79 Å². The van der Waals surface area contributed by atoms with Gasteiger partial charge in [0.15, 0.2) is 0 Å². The molecule has 3 rings (SSSR count). The standard InChI is InChI=1S/C19H27N5OS/c1-15(13-18(25)23(2)16-9-5-3-6-10-16)14-26-19-20-21-22-24(19)17-11-7-4-8-12-17/h4,7-8,11-12,15-16H,3,5-6,9-10,13-14H2,1-2H3. The molecule has 1 aromatic heterocycles. The lowest BCUT2D eigenvalue weighted by Crippen LogP contribution is -2.39. The van der Waals surface area contributed by atoms with Crippen LogP contribution in [0.4, 0.5) is 0 Å². The van der Waals surface area contributed by atoms with Gasteiger partial charge in [-0.2, -0.15) is 4.68 Å². The van der Waals surface area contributed by atoms with Crippen LogP contribution in [0.2, 0.25) is 0 Å². The number of carbonyl (C=O) groups is 1. The van der Waals surface area contributed by atoms with Crippen molar-refractivity contribution in [3.63, 3.8) is 0 Å². The van der Waals surface area contributed by atoms with Crippen LogP contribution in [0.1, 0.15) is 45.4 Å². The first-order valence-electron chi connectivity index (χ1n) is 9.37. The van der Waals surface area contributed by atoms with Gasteiger partial charge in [0.1, 0.15) is 0 Å². The second-order valence-corrected chi connectivity index (χ2v) is 8.11. The molecule has 1 amide bonds. The topological polar surface area (TPSA) is 63.9 Å². The molecular weight excluding hydrogens is 346 g/mol. The molecule has 140 valence electrons. The number of rotatable bonds is 7. The molecule has 0 N–H and O–H groups in total. The highest BCUT2D eigenvalue weighted by Crippen LogP contribution is 2.25. The molecule has 0 bridgehead atoms. The van der Waals surface area contributed by atoms with Crippen LogP contribution >= 0.6 is 11.8 Å². The number of hydrogen-bond acceptors (Lipinski definition) is 5. The average Bonchev–Trinajstić information content (AvgIpc) is 3.16. The fourth-order valence-electron chi connectivity index (χ4n) is 3.39. The number of carbonyl (C=O) groups excluding carboxylic acids is 1. The van der Waals surface area contributed by atoms with Crippen molar-refractivity contribution >= 4 is 17.7 Å². The van der Waals surface area contributed by atoms with Crippen LogP contribution in [0.15, 0.2) is 35.5 Å². The SMILES string of the molecule is CC(CSc1nnnn1-c1ccccc1)CC(=O)N(C)C1CCCCC1. The lowest BCUT2D eigenvalue weighted by molar-refractivity contribution is -0.133. The molecule has 6 nitrogen and oxygen atoms in total. The summed E-state index contributed by atoms with van der Waals surface area (Å²) < 4.78 is 1.74. The number of nitrogens with zero attached hydrogens (tertiary/aromatic N) is 5. The molecule has 7 heteroatoms. The average molecular weight is 374 g/mol. The van der Waals surface area contributed by atoms with E-state index in [0.717, 1.165) is 29.4 Å². The Morgan fingerprint density at radius 3 is 2.73 bits per heavy atom. The maximum absolute atomic E-state index is 12.6. The third-order valence-corrected chi connectivity index (χ3v) is 6.23. The zero-order valence-electron chi connectivity index (χ0n) is 15.5. The number of amides is 1. The molecule has 1 saturated carbocycles. The number of para-hydroxylation sites is 1. The first kappa shape index (κ1) is 18.9. The van der Waals surface area contributed by atoms with E-state index in [1.54, 1.807) is 16.4 Å². The maximum Gasteiger partial charge on any atom is 0.222 e. The molecular formula is C19H27N5OS. The van der Waals surface area contributed by atoms with Crippen LogP contribution in [-0.2, 0) is 4.79 Å². The van der Waals surface area contributed by atoms with Crippen molar-refractivity contribution in [3.05, 3.63) is 30.3 Å². The molecule has 0 radical (unpaired) electrons. The minimum absolute atomic E-state index is 0.257. The molecule has 0 spiro atoms. The number of aromatic nitrogens is 4. The lowest BCUT2D eigenvalue weighted by atomic mass is 9.94. The van der Waals surface area contributed by atoms with E-state index in [2.05, 4.69) is 22.4 Å². The molecule has 0 aliphatic heterocycles. The Hall–Kier alpha value is -1.89. The molecule has 1 fully saturated rings. The van der Waals surface area contributed by atoms with Crippen LogP contribution < -0.4 is 0 Å². The lowest BCUT2D eigenvalue weighted by Gasteiger charge is -2.32. The van der Waals surface area contributed by atoms with Crippen molar-refractivity contribution in [2.75, 3.05) is 12.8 Å². The number of hydrogen-bond donors (Lipinski definition) is 0. The third kappa shape index (κ3) is 4.84. The van der Waals surface area contributed by atoms with Gasteiger partial charge in [0.25, 0.3) is 0 Å². The van der Waals surface area contributed by atoms with E-state index in [9.17, 15) is 4.79 Å². The molecule has 2 aromatic rings. The predicted molar refractivity (Wildman–Crippen MR) is 103 cm³/mol. The monoisotopic (exact) mass is 373 g/mol. The second kappa shape index (κ2) is 9.16. The summed E-state index contributed by atoms with van der Waals surface area (Å²) in [4.78, 5) is 14.6. The fourth-order valence-corrected chi connectivity index (χ4v) is 4.30. The van der Waals surface area contributed by atoms with Crippen molar-refractivity contribution in [3.8, 4) is 5.69 Å². The van der Waals surface area contributed by atoms with E-state index in [1.165, 1.54) is 19.3 Å². The summed E-state index contributed by atoms with van der Waals surface area (Å²) in [7, 11) is 1.97. The van der Waals surface area contributed by atoms with Crippen LogP contribution in [0.5, 0.6) is 0 Å². The summed E-state index contributed by atoms with van der Waals surface area (Å²) in [6, 6.07) is 10.3. The Morgan fingerprint density at radius 2 is 2.00 bits per heavy atom. The summed E-state index contributed by atoms with van der Waals surface area (Å²) in [6.45, 7) is 2.12. The molecule has 1 atom stereocenters. The summed E-state index contributed by atoms with van der Waals surface area (Å²) in [5, 5.41) is 12.8. The second-order valence-electron chi connectivity index (χ2n) is 7.13. The van der Waals surface area contributed by atoms with Gasteiger partial charge in [0.05, 0.1) is 5.69 Å². The molecule has 0 saturated heterocycles.